The van der Waals surface area contributed by atoms with Gasteiger partial charge in [-0.05, 0) is 69.0 Å². The number of fused-ring (bicyclic) bond motifs is 2. The molecule has 4 aromatic rings. The summed E-state index contributed by atoms with van der Waals surface area (Å²) in [6.07, 6.45) is 7.50. The molecule has 2 N–H and O–H groups in total. The number of ketones is 1. The Balaban J connectivity index is 0.864. The number of benzene rings is 1. The van der Waals surface area contributed by atoms with Gasteiger partial charge in [-0.1, -0.05) is 12.8 Å². The van der Waals surface area contributed by atoms with Gasteiger partial charge in [0, 0.05) is 76.0 Å². The smallest absolute Gasteiger partial charge is 0.263 e. The van der Waals surface area contributed by atoms with Crippen LogP contribution >= 0.6 is 0 Å². The van der Waals surface area contributed by atoms with Crippen molar-refractivity contribution in [1.29, 1.82) is 0 Å². The normalized spacial score (nSPS) is 19.2. The van der Waals surface area contributed by atoms with Crippen molar-refractivity contribution in [2.24, 2.45) is 0 Å². The monoisotopic (exact) mass is 760 g/mol. The highest BCUT2D eigenvalue weighted by Crippen LogP contribution is 2.33. The molecule has 0 radical (unpaired) electrons. The number of nitrogens with zero attached hydrogens (tertiary/aromatic N) is 8. The van der Waals surface area contributed by atoms with Crippen molar-refractivity contribution >= 4 is 63.6 Å². The zero-order valence-corrected chi connectivity index (χ0v) is 31.7. The van der Waals surface area contributed by atoms with Crippen LogP contribution in [0.4, 0.5) is 23.1 Å². The van der Waals surface area contributed by atoms with Gasteiger partial charge in [-0.3, -0.25) is 48.5 Å². The number of hydrogen-bond donors (Lipinski definition) is 2. The van der Waals surface area contributed by atoms with Crippen LogP contribution in [-0.2, 0) is 9.59 Å². The lowest BCUT2D eigenvalue weighted by Gasteiger charge is -2.36. The number of nitrogens with one attached hydrogen (secondary N) is 2. The van der Waals surface area contributed by atoms with Gasteiger partial charge in [0.05, 0.1) is 28.6 Å². The van der Waals surface area contributed by atoms with Gasteiger partial charge < -0.3 is 15.1 Å². The summed E-state index contributed by atoms with van der Waals surface area (Å²) in [5.41, 5.74) is 3.37. The molecule has 16 nitrogen and oxygen atoms in total. The molecule has 290 valence electrons. The Labute approximate surface area is 322 Å². The average Bonchev–Trinajstić information content (AvgIpc) is 3.80. The van der Waals surface area contributed by atoms with Crippen molar-refractivity contribution in [2.45, 2.75) is 64.5 Å². The number of Topliss-reactive ketones (excluding diaryl/α,β-unsaturated/α-hetero) is 1. The van der Waals surface area contributed by atoms with Gasteiger partial charge in [-0.2, -0.15) is 4.98 Å². The maximum Gasteiger partial charge on any atom is 0.263 e. The van der Waals surface area contributed by atoms with Gasteiger partial charge in [0.25, 0.3) is 17.4 Å². The number of aryl methyl sites for hydroxylation is 1. The fourth-order valence-corrected chi connectivity index (χ4v) is 8.42. The lowest BCUT2D eigenvalue weighted by Crippen LogP contribution is -2.54. The van der Waals surface area contributed by atoms with E-state index < -0.39 is 29.7 Å². The fraction of sp³-hybridized carbons (Fsp3) is 0.425. The number of rotatable bonds is 10. The summed E-state index contributed by atoms with van der Waals surface area (Å²) < 4.78 is 1.70. The minimum Gasteiger partial charge on any atom is -0.373 e. The molecule has 8 rings (SSSR count). The van der Waals surface area contributed by atoms with Crippen LogP contribution in [-0.4, -0.2) is 111 Å². The predicted octanol–water partition coefficient (Wildman–Crippen LogP) is 3.22. The van der Waals surface area contributed by atoms with E-state index in [2.05, 4.69) is 30.4 Å². The summed E-state index contributed by atoms with van der Waals surface area (Å²) in [7, 11) is 1.95. The maximum absolute atomic E-state index is 13.6. The van der Waals surface area contributed by atoms with Crippen LogP contribution in [0.5, 0.6) is 0 Å². The standard InChI is InChI=1S/C40H44N10O6/c1-23-30-22-42-40(45-35(30)49(25-6-4-5-7-25)39(56)34(23)24(2)51)43-32-12-9-27(21-41-32)48-18-16-47(17-19-48)15-14-46(3)26-8-10-28-29(20-26)38(55)50(37(28)54)31-11-13-33(52)44-36(31)53/h8-10,12,20-22,25,31H,4-7,11,13-19H2,1-3H3,(H,44,52,53)(H,41,42,43,45). The van der Waals surface area contributed by atoms with Crippen molar-refractivity contribution in [3.63, 3.8) is 0 Å². The highest BCUT2D eigenvalue weighted by molar-refractivity contribution is 6.23. The van der Waals surface area contributed by atoms with E-state index in [0.29, 0.717) is 34.9 Å². The quantitative estimate of drug-likeness (QED) is 0.178. The van der Waals surface area contributed by atoms with E-state index in [1.807, 2.05) is 36.3 Å². The number of piperazine rings is 1. The lowest BCUT2D eigenvalue weighted by molar-refractivity contribution is -0.136. The summed E-state index contributed by atoms with van der Waals surface area (Å²) in [4.78, 5) is 98.0. The number of imide groups is 2. The maximum atomic E-state index is 13.6. The Morgan fingerprint density at radius 3 is 2.38 bits per heavy atom. The topological polar surface area (TPSA) is 183 Å². The van der Waals surface area contributed by atoms with E-state index in [9.17, 15) is 28.8 Å². The van der Waals surface area contributed by atoms with Crippen molar-refractivity contribution in [1.82, 2.24) is 34.6 Å². The van der Waals surface area contributed by atoms with Crippen LogP contribution in [0.2, 0.25) is 0 Å². The first-order chi connectivity index (χ1) is 27.0. The molecule has 3 aromatic heterocycles. The lowest BCUT2D eigenvalue weighted by atomic mass is 10.0. The van der Waals surface area contributed by atoms with Crippen molar-refractivity contribution in [2.75, 3.05) is 61.4 Å². The second-order valence-electron chi connectivity index (χ2n) is 15.1. The Morgan fingerprint density at radius 1 is 0.929 bits per heavy atom. The van der Waals surface area contributed by atoms with Gasteiger partial charge in [-0.25, -0.2) is 9.97 Å². The Bertz CT molecular complexity index is 2330. The molecule has 1 aromatic carbocycles. The number of amides is 4. The Kier molecular flexibility index (Phi) is 9.82. The van der Waals surface area contributed by atoms with Gasteiger partial charge >= 0.3 is 0 Å². The van der Waals surface area contributed by atoms with Crippen LogP contribution < -0.4 is 26.0 Å². The van der Waals surface area contributed by atoms with E-state index in [0.717, 1.165) is 74.7 Å². The van der Waals surface area contributed by atoms with Crippen LogP contribution in [0.15, 0.2) is 47.5 Å². The second kappa shape index (κ2) is 14.9. The molecule has 4 amide bonds. The first kappa shape index (κ1) is 36.9. The molecular weight excluding hydrogens is 717 g/mol. The number of anilines is 4. The predicted molar refractivity (Wildman–Crippen MR) is 209 cm³/mol. The molecule has 4 aliphatic rings. The van der Waals surface area contributed by atoms with Crippen LogP contribution in [0.25, 0.3) is 11.0 Å². The van der Waals surface area contributed by atoms with Crippen LogP contribution in [0, 0.1) is 6.92 Å². The molecule has 1 unspecified atom stereocenters. The number of likely N-dealkylation sites (N-methyl/N-ethyl adjacent to an activating group) is 1. The number of hydrogen-bond acceptors (Lipinski definition) is 13. The van der Waals surface area contributed by atoms with Crippen molar-refractivity contribution in [3.05, 3.63) is 75.3 Å². The third kappa shape index (κ3) is 6.78. The number of carbonyl (C=O) groups excluding carboxylic acids is 5. The zero-order chi connectivity index (χ0) is 39.2. The summed E-state index contributed by atoms with van der Waals surface area (Å²) in [6.45, 7) is 8.04. The molecule has 3 aliphatic heterocycles. The average molecular weight is 761 g/mol. The molecule has 6 heterocycles. The second-order valence-corrected chi connectivity index (χ2v) is 15.1. The molecule has 1 atom stereocenters. The molecule has 16 heteroatoms. The largest absolute Gasteiger partial charge is 0.373 e. The minimum atomic E-state index is -0.992. The van der Waals surface area contributed by atoms with E-state index in [1.54, 1.807) is 29.8 Å². The van der Waals surface area contributed by atoms with Crippen LogP contribution in [0.1, 0.15) is 88.1 Å². The minimum absolute atomic E-state index is 0.00316. The Morgan fingerprint density at radius 2 is 1.68 bits per heavy atom. The highest BCUT2D eigenvalue weighted by Gasteiger charge is 2.44. The van der Waals surface area contributed by atoms with E-state index in [-0.39, 0.29) is 46.9 Å². The summed E-state index contributed by atoms with van der Waals surface area (Å²) >= 11 is 0. The van der Waals surface area contributed by atoms with E-state index >= 15 is 0 Å². The number of pyridine rings is 2. The van der Waals surface area contributed by atoms with Gasteiger partial charge in [0.2, 0.25) is 17.8 Å². The van der Waals surface area contributed by atoms with Crippen molar-refractivity contribution < 1.29 is 24.0 Å². The fourth-order valence-electron chi connectivity index (χ4n) is 8.42. The summed E-state index contributed by atoms with van der Waals surface area (Å²) in [6, 6.07) is 8.06. The third-order valence-electron chi connectivity index (χ3n) is 11.6. The molecular formula is C40H44N10O6. The third-order valence-corrected chi connectivity index (χ3v) is 11.6. The Hall–Kier alpha value is -6.03. The van der Waals surface area contributed by atoms with E-state index in [1.165, 1.54) is 6.92 Å². The first-order valence-corrected chi connectivity index (χ1v) is 19.2. The molecule has 3 fully saturated rings. The molecule has 0 bridgehead atoms. The number of carbonyl (C=O) groups is 5. The summed E-state index contributed by atoms with van der Waals surface area (Å²) in [5, 5.41) is 6.12. The van der Waals surface area contributed by atoms with Gasteiger partial charge in [0.1, 0.15) is 17.5 Å². The van der Waals surface area contributed by atoms with Crippen LogP contribution in [0.3, 0.4) is 0 Å². The molecule has 1 saturated carbocycles. The number of aromatic nitrogens is 4. The van der Waals surface area contributed by atoms with Gasteiger partial charge in [-0.15, -0.1) is 0 Å². The molecule has 0 spiro atoms. The SMILES string of the molecule is CC(=O)c1c(C)c2cnc(Nc3ccc(N4CCN(CCN(C)c5ccc6c(c5)C(=O)N(C5CCC(=O)NC5=O)C6=O)CC4)cn3)nc2n(C2CCCC2)c1=O. The number of piperidine rings is 1. The molecule has 56 heavy (non-hydrogen) atoms. The highest BCUT2D eigenvalue weighted by atomic mass is 16.2. The molecule has 2 saturated heterocycles. The molecule has 1 aliphatic carbocycles. The van der Waals surface area contributed by atoms with E-state index in [4.69, 9.17) is 4.98 Å². The first-order valence-electron chi connectivity index (χ1n) is 19.2. The summed E-state index contributed by atoms with van der Waals surface area (Å²) in [5.74, 6) is -1.41. The zero-order valence-electron chi connectivity index (χ0n) is 31.7. The van der Waals surface area contributed by atoms with Gasteiger partial charge in [0.15, 0.2) is 5.78 Å². The van der Waals surface area contributed by atoms with Crippen molar-refractivity contribution in [3.8, 4) is 0 Å².